The standard InChI is InChI=1S/C19H22F2O11S/c1-27-14-11-10(13(22)29-14)12-15(28-11)31-18(30-12)8-2-7-3-9(18)6-17(4-7,5-8)32-16(23)19(20,21)33(24,25)26/h7-12,14-15H,2-6H2,1H3,(H,24,25,26). The van der Waals surface area contributed by atoms with E-state index in [1.165, 1.54) is 7.11 Å². The first-order chi connectivity index (χ1) is 15.4. The van der Waals surface area contributed by atoms with E-state index in [0.717, 1.165) is 0 Å². The van der Waals surface area contributed by atoms with Gasteiger partial charge in [-0.1, -0.05) is 0 Å². The number of hydrogen-bond acceptors (Lipinski definition) is 10. The molecule has 7 fully saturated rings. The molecule has 1 N–H and O–H groups in total. The monoisotopic (exact) mass is 496 g/mol. The third kappa shape index (κ3) is 2.85. The third-order valence-corrected chi connectivity index (χ3v) is 8.85. The van der Waals surface area contributed by atoms with Crippen LogP contribution in [0.15, 0.2) is 0 Å². The predicted molar refractivity (Wildman–Crippen MR) is 96.6 cm³/mol. The lowest BCUT2D eigenvalue weighted by molar-refractivity contribution is -0.344. The summed E-state index contributed by atoms with van der Waals surface area (Å²) in [5, 5.41) is -5.06. The van der Waals surface area contributed by atoms with Gasteiger partial charge in [-0.3, -0.25) is 9.35 Å². The number of cyclic esters (lactones) is 1. The molecule has 4 saturated carbocycles. The van der Waals surface area contributed by atoms with Gasteiger partial charge in [-0.2, -0.15) is 17.2 Å². The lowest BCUT2D eigenvalue weighted by Gasteiger charge is -2.62. The summed E-state index contributed by atoms with van der Waals surface area (Å²) < 4.78 is 92.3. The van der Waals surface area contributed by atoms with E-state index < -0.39 is 69.4 Å². The van der Waals surface area contributed by atoms with Gasteiger partial charge >= 0.3 is 27.3 Å². The zero-order valence-electron chi connectivity index (χ0n) is 17.3. The van der Waals surface area contributed by atoms with Gasteiger partial charge in [-0.15, -0.1) is 0 Å². The number of fused-ring (bicyclic) bond motifs is 3. The highest BCUT2D eigenvalue weighted by Gasteiger charge is 2.74. The summed E-state index contributed by atoms with van der Waals surface area (Å²) >= 11 is 0. The van der Waals surface area contributed by atoms with Crippen LogP contribution in [0, 0.1) is 23.7 Å². The molecule has 7 unspecified atom stereocenters. The van der Waals surface area contributed by atoms with Crippen molar-refractivity contribution in [3.05, 3.63) is 0 Å². The first-order valence-electron chi connectivity index (χ1n) is 10.7. The van der Waals surface area contributed by atoms with E-state index in [1.54, 1.807) is 0 Å². The summed E-state index contributed by atoms with van der Waals surface area (Å²) in [5.41, 5.74) is -1.31. The molecule has 33 heavy (non-hydrogen) atoms. The second-order valence-electron chi connectivity index (χ2n) is 9.87. The molecule has 14 heteroatoms. The lowest BCUT2D eigenvalue weighted by Crippen LogP contribution is -2.66. The van der Waals surface area contributed by atoms with Gasteiger partial charge in [0.15, 0.2) is 12.1 Å². The van der Waals surface area contributed by atoms with Gasteiger partial charge in [0.2, 0.25) is 6.29 Å². The summed E-state index contributed by atoms with van der Waals surface area (Å²) in [7, 11) is -4.57. The second kappa shape index (κ2) is 6.61. The van der Waals surface area contributed by atoms with E-state index in [1.807, 2.05) is 0 Å². The molecule has 7 atom stereocenters. The second-order valence-corrected chi connectivity index (χ2v) is 11.3. The zero-order valence-corrected chi connectivity index (χ0v) is 18.2. The first kappa shape index (κ1) is 22.0. The largest absolute Gasteiger partial charge is 0.465 e. The molecule has 3 heterocycles. The Hall–Kier alpha value is -1.45. The third-order valence-electron chi connectivity index (χ3n) is 8.04. The van der Waals surface area contributed by atoms with Gasteiger partial charge in [0, 0.05) is 18.9 Å². The molecule has 0 amide bonds. The quantitative estimate of drug-likeness (QED) is 0.431. The smallest absolute Gasteiger partial charge is 0.454 e. The number of carbonyl (C=O) groups is 2. The number of methoxy groups -OCH3 is 1. The summed E-state index contributed by atoms with van der Waals surface area (Å²) in [6.45, 7) is 0. The average Bonchev–Trinajstić information content (AvgIpc) is 3.33. The van der Waals surface area contributed by atoms with Gasteiger partial charge in [-0.25, -0.2) is 4.79 Å². The Balaban J connectivity index is 1.24. The van der Waals surface area contributed by atoms with Crippen molar-refractivity contribution in [1.29, 1.82) is 0 Å². The lowest BCUT2D eigenvalue weighted by atomic mass is 9.51. The van der Waals surface area contributed by atoms with Crippen LogP contribution in [0.5, 0.6) is 0 Å². The molecule has 4 aliphatic carbocycles. The van der Waals surface area contributed by atoms with Crippen LogP contribution < -0.4 is 0 Å². The first-order valence-corrected chi connectivity index (χ1v) is 12.2. The van der Waals surface area contributed by atoms with Gasteiger partial charge in [0.05, 0.1) is 0 Å². The maximum atomic E-state index is 13.8. The Labute approximate surface area is 186 Å². The summed E-state index contributed by atoms with van der Waals surface area (Å²) in [5.74, 6) is -5.33. The molecule has 3 aliphatic heterocycles. The normalized spacial score (nSPS) is 49.9. The number of hydrogen-bond donors (Lipinski definition) is 1. The fraction of sp³-hybridized carbons (Fsp3) is 0.895. The molecule has 1 spiro atoms. The van der Waals surface area contributed by atoms with Crippen molar-refractivity contribution in [2.75, 3.05) is 7.11 Å². The predicted octanol–water partition coefficient (Wildman–Crippen LogP) is 0.571. The fourth-order valence-electron chi connectivity index (χ4n) is 6.99. The van der Waals surface area contributed by atoms with Gasteiger partial charge in [0.25, 0.3) is 0 Å². The highest BCUT2D eigenvalue weighted by molar-refractivity contribution is 7.87. The van der Waals surface area contributed by atoms with Crippen LogP contribution in [0.1, 0.15) is 32.1 Å². The van der Waals surface area contributed by atoms with Crippen molar-refractivity contribution < 1.29 is 59.8 Å². The molecule has 0 aromatic rings. The van der Waals surface area contributed by atoms with E-state index in [4.69, 9.17) is 33.0 Å². The molecule has 0 radical (unpaired) electrons. The van der Waals surface area contributed by atoms with Crippen molar-refractivity contribution in [2.24, 2.45) is 23.7 Å². The maximum absolute atomic E-state index is 13.8. The van der Waals surface area contributed by atoms with Crippen LogP contribution in [-0.2, 0) is 48.1 Å². The fourth-order valence-corrected chi connectivity index (χ4v) is 7.24. The highest BCUT2D eigenvalue weighted by Crippen LogP contribution is 2.66. The number of ether oxygens (including phenoxy) is 6. The highest BCUT2D eigenvalue weighted by atomic mass is 32.2. The van der Waals surface area contributed by atoms with E-state index in [0.29, 0.717) is 19.3 Å². The molecule has 3 saturated heterocycles. The van der Waals surface area contributed by atoms with Crippen LogP contribution >= 0.6 is 0 Å². The molecule has 0 aromatic heterocycles. The molecule has 4 bridgehead atoms. The Kier molecular flexibility index (Phi) is 4.41. The Morgan fingerprint density at radius 1 is 1.15 bits per heavy atom. The summed E-state index contributed by atoms with van der Waals surface area (Å²) in [6.07, 6.45) is -1.28. The van der Waals surface area contributed by atoms with Crippen molar-refractivity contribution in [3.8, 4) is 0 Å². The van der Waals surface area contributed by atoms with Crippen molar-refractivity contribution >= 4 is 22.1 Å². The van der Waals surface area contributed by atoms with E-state index in [9.17, 15) is 26.8 Å². The number of alkyl halides is 2. The molecular weight excluding hydrogens is 474 g/mol. The van der Waals surface area contributed by atoms with Gasteiger partial charge < -0.3 is 28.4 Å². The van der Waals surface area contributed by atoms with Gasteiger partial charge in [-0.05, 0) is 38.0 Å². The Morgan fingerprint density at radius 3 is 2.42 bits per heavy atom. The topological polar surface area (TPSA) is 144 Å². The minimum atomic E-state index is -5.97. The van der Waals surface area contributed by atoms with Gasteiger partial charge in [0.1, 0.15) is 23.7 Å². The zero-order chi connectivity index (χ0) is 23.6. The van der Waals surface area contributed by atoms with E-state index in [2.05, 4.69) is 0 Å². The number of esters is 2. The van der Waals surface area contributed by atoms with E-state index >= 15 is 0 Å². The SMILES string of the molecule is COC1OC(=O)C2C1OC1OC3(OC12)C1CC2CC3CC(OC(=O)C(F)(F)S(=O)(=O)O)(C2)C1. The minimum Gasteiger partial charge on any atom is -0.454 e. The molecule has 184 valence electrons. The molecular formula is C19H22F2O11S. The molecule has 0 aromatic carbocycles. The summed E-state index contributed by atoms with van der Waals surface area (Å²) in [4.78, 5) is 24.4. The van der Waals surface area contributed by atoms with Crippen LogP contribution in [-0.4, -0.2) is 73.4 Å². The molecule has 7 rings (SSSR count). The van der Waals surface area contributed by atoms with Crippen LogP contribution in [0.2, 0.25) is 0 Å². The average molecular weight is 496 g/mol. The van der Waals surface area contributed by atoms with Crippen molar-refractivity contribution in [1.82, 2.24) is 0 Å². The maximum Gasteiger partial charge on any atom is 0.465 e. The van der Waals surface area contributed by atoms with Crippen molar-refractivity contribution in [2.45, 2.75) is 73.5 Å². The number of halogens is 2. The van der Waals surface area contributed by atoms with Crippen molar-refractivity contribution in [3.63, 3.8) is 0 Å². The van der Waals surface area contributed by atoms with Crippen LogP contribution in [0.25, 0.3) is 0 Å². The Bertz CT molecular complexity index is 999. The summed E-state index contributed by atoms with van der Waals surface area (Å²) in [6, 6.07) is 0. The molecule has 11 nitrogen and oxygen atoms in total. The van der Waals surface area contributed by atoms with Crippen LogP contribution in [0.4, 0.5) is 8.78 Å². The molecule has 7 aliphatic rings. The van der Waals surface area contributed by atoms with Crippen LogP contribution in [0.3, 0.4) is 0 Å². The number of carbonyl (C=O) groups excluding carboxylic acids is 2. The number of rotatable bonds is 4. The van der Waals surface area contributed by atoms with E-state index in [-0.39, 0.29) is 30.6 Å². The minimum absolute atomic E-state index is 0.0379. The Morgan fingerprint density at radius 2 is 1.82 bits per heavy atom.